The second-order valence-corrected chi connectivity index (χ2v) is 13.2. The summed E-state index contributed by atoms with van der Waals surface area (Å²) < 4.78 is 7.07. The molecule has 0 aliphatic rings. The SMILES string of the molecule is c1ccc2c(c1)c1ccccc1n2-c1ccc(-c2cc(-n3c4ccccc4c4ccccc43)cc(-n3c4ccccc4c4ccccc43)n2)cc1. The van der Waals surface area contributed by atoms with Crippen molar-refractivity contribution in [2.45, 2.75) is 0 Å². The molecule has 11 rings (SSSR count). The largest absolute Gasteiger partial charge is 0.309 e. The lowest BCUT2D eigenvalue weighted by Crippen LogP contribution is -2.03. The summed E-state index contributed by atoms with van der Waals surface area (Å²) in [6, 6.07) is 65.3. The van der Waals surface area contributed by atoms with E-state index in [4.69, 9.17) is 4.98 Å². The first-order chi connectivity index (χ1) is 25.3. The number of aromatic nitrogens is 4. The Balaban J connectivity index is 1.17. The second-order valence-electron chi connectivity index (χ2n) is 13.2. The quantitative estimate of drug-likeness (QED) is 0.186. The number of hydrogen-bond acceptors (Lipinski definition) is 1. The van der Waals surface area contributed by atoms with Gasteiger partial charge in [0.05, 0.1) is 44.5 Å². The summed E-state index contributed by atoms with van der Waals surface area (Å²) in [7, 11) is 0. The normalized spacial score (nSPS) is 11.9. The molecule has 7 aromatic carbocycles. The highest BCUT2D eigenvalue weighted by Crippen LogP contribution is 2.37. The molecule has 0 fully saturated rings. The van der Waals surface area contributed by atoms with Crippen LogP contribution in [0.1, 0.15) is 0 Å². The number of hydrogen-bond donors (Lipinski definition) is 0. The van der Waals surface area contributed by atoms with Crippen molar-refractivity contribution < 1.29 is 0 Å². The molecule has 0 atom stereocenters. The first-order valence-corrected chi connectivity index (χ1v) is 17.4. The van der Waals surface area contributed by atoms with Gasteiger partial charge in [0.1, 0.15) is 5.82 Å². The Morgan fingerprint density at radius 2 is 0.627 bits per heavy atom. The third-order valence-electron chi connectivity index (χ3n) is 10.4. The van der Waals surface area contributed by atoms with E-state index in [-0.39, 0.29) is 0 Å². The summed E-state index contributed by atoms with van der Waals surface area (Å²) in [5.41, 5.74) is 11.2. The number of pyridine rings is 1. The van der Waals surface area contributed by atoms with Crippen LogP contribution in [0, 0.1) is 0 Å². The van der Waals surface area contributed by atoms with Crippen molar-refractivity contribution in [2.75, 3.05) is 0 Å². The molecule has 0 amide bonds. The van der Waals surface area contributed by atoms with Gasteiger partial charge >= 0.3 is 0 Å². The third-order valence-corrected chi connectivity index (χ3v) is 10.4. The predicted octanol–water partition coefficient (Wildman–Crippen LogP) is 12.0. The van der Waals surface area contributed by atoms with Crippen molar-refractivity contribution in [3.8, 4) is 28.5 Å². The van der Waals surface area contributed by atoms with Gasteiger partial charge in [0.15, 0.2) is 0 Å². The van der Waals surface area contributed by atoms with E-state index in [1.165, 1.54) is 54.4 Å². The summed E-state index contributed by atoms with van der Waals surface area (Å²) in [6.45, 7) is 0. The molecule has 0 N–H and O–H groups in total. The zero-order valence-corrected chi connectivity index (χ0v) is 27.6. The van der Waals surface area contributed by atoms with Crippen molar-refractivity contribution in [1.82, 2.24) is 18.7 Å². The topological polar surface area (TPSA) is 27.7 Å². The Morgan fingerprint density at radius 1 is 0.294 bits per heavy atom. The standard InChI is InChI=1S/C47H30N4/c1-7-19-41-34(13-1)35-14-2-8-20-42(35)49(41)32-27-25-31(26-28-32)40-29-33(50-43-21-9-3-15-36(43)37-16-4-10-22-44(37)50)30-47(48-40)51-45-23-11-5-17-38(45)39-18-6-12-24-46(39)51/h1-30H. The summed E-state index contributed by atoms with van der Waals surface area (Å²) in [5, 5.41) is 7.42. The smallest absolute Gasteiger partial charge is 0.140 e. The van der Waals surface area contributed by atoms with Crippen LogP contribution in [0.3, 0.4) is 0 Å². The van der Waals surface area contributed by atoms with E-state index in [0.29, 0.717) is 0 Å². The van der Waals surface area contributed by atoms with Crippen molar-refractivity contribution in [3.63, 3.8) is 0 Å². The predicted molar refractivity (Wildman–Crippen MR) is 213 cm³/mol. The lowest BCUT2D eigenvalue weighted by molar-refractivity contribution is 1.06. The Morgan fingerprint density at radius 3 is 1.02 bits per heavy atom. The fourth-order valence-electron chi connectivity index (χ4n) is 8.25. The molecular formula is C47H30N4. The summed E-state index contributed by atoms with van der Waals surface area (Å²) in [4.78, 5) is 5.45. The van der Waals surface area contributed by atoms with E-state index in [0.717, 1.165) is 39.5 Å². The fraction of sp³-hybridized carbons (Fsp3) is 0. The van der Waals surface area contributed by atoms with Crippen LogP contribution in [0.5, 0.6) is 0 Å². The van der Waals surface area contributed by atoms with Gasteiger partial charge in [-0.3, -0.25) is 4.57 Å². The fourth-order valence-corrected chi connectivity index (χ4v) is 8.25. The minimum Gasteiger partial charge on any atom is -0.309 e. The van der Waals surface area contributed by atoms with Crippen LogP contribution in [0.4, 0.5) is 0 Å². The van der Waals surface area contributed by atoms with Gasteiger partial charge in [0.25, 0.3) is 0 Å². The van der Waals surface area contributed by atoms with E-state index in [2.05, 4.69) is 196 Å². The first kappa shape index (κ1) is 28.0. The van der Waals surface area contributed by atoms with Gasteiger partial charge in [-0.25, -0.2) is 4.98 Å². The number of para-hydroxylation sites is 6. The minimum atomic E-state index is 0.883. The third kappa shape index (κ3) is 4.11. The van der Waals surface area contributed by atoms with Crippen LogP contribution in [-0.2, 0) is 0 Å². The van der Waals surface area contributed by atoms with Gasteiger partial charge in [-0.15, -0.1) is 0 Å². The van der Waals surface area contributed by atoms with Gasteiger partial charge < -0.3 is 9.13 Å². The summed E-state index contributed by atoms with van der Waals surface area (Å²) in [5.74, 6) is 0.883. The van der Waals surface area contributed by atoms with E-state index >= 15 is 0 Å². The molecule has 238 valence electrons. The van der Waals surface area contributed by atoms with Gasteiger partial charge in [-0.1, -0.05) is 121 Å². The number of rotatable bonds is 4. The minimum absolute atomic E-state index is 0.883. The Kier molecular flexibility index (Phi) is 5.92. The van der Waals surface area contributed by atoms with Crippen LogP contribution in [0.25, 0.3) is 93.9 Å². The van der Waals surface area contributed by atoms with Gasteiger partial charge in [0.2, 0.25) is 0 Å². The van der Waals surface area contributed by atoms with Crippen LogP contribution >= 0.6 is 0 Å². The zero-order valence-electron chi connectivity index (χ0n) is 27.6. The monoisotopic (exact) mass is 650 g/mol. The highest BCUT2D eigenvalue weighted by atomic mass is 15.1. The Bertz CT molecular complexity index is 2850. The maximum Gasteiger partial charge on any atom is 0.140 e. The van der Waals surface area contributed by atoms with E-state index in [9.17, 15) is 0 Å². The molecule has 51 heavy (non-hydrogen) atoms. The molecule has 0 unspecified atom stereocenters. The van der Waals surface area contributed by atoms with Crippen molar-refractivity contribution in [1.29, 1.82) is 0 Å². The van der Waals surface area contributed by atoms with Crippen molar-refractivity contribution >= 4 is 65.4 Å². The molecule has 0 aliphatic carbocycles. The molecule has 4 heterocycles. The van der Waals surface area contributed by atoms with E-state index in [1.807, 2.05) is 0 Å². The lowest BCUT2D eigenvalue weighted by atomic mass is 10.1. The maximum absolute atomic E-state index is 5.45. The molecule has 4 aromatic heterocycles. The van der Waals surface area contributed by atoms with Crippen molar-refractivity contribution in [2.24, 2.45) is 0 Å². The molecule has 0 saturated heterocycles. The van der Waals surface area contributed by atoms with E-state index < -0.39 is 0 Å². The number of nitrogens with zero attached hydrogens (tertiary/aromatic N) is 4. The number of fused-ring (bicyclic) bond motifs is 9. The van der Waals surface area contributed by atoms with Crippen LogP contribution < -0.4 is 0 Å². The molecule has 0 radical (unpaired) electrons. The molecule has 11 aromatic rings. The van der Waals surface area contributed by atoms with Gasteiger partial charge in [-0.05, 0) is 54.6 Å². The van der Waals surface area contributed by atoms with Crippen LogP contribution in [-0.4, -0.2) is 18.7 Å². The summed E-state index contributed by atoms with van der Waals surface area (Å²) in [6.07, 6.45) is 0. The zero-order chi connectivity index (χ0) is 33.5. The second kappa shape index (κ2) is 10.8. The molecule has 0 aliphatic heterocycles. The van der Waals surface area contributed by atoms with E-state index in [1.54, 1.807) is 0 Å². The molecule has 4 heteroatoms. The average molecular weight is 651 g/mol. The first-order valence-electron chi connectivity index (χ1n) is 17.4. The molecule has 0 spiro atoms. The van der Waals surface area contributed by atoms with Crippen molar-refractivity contribution in [3.05, 3.63) is 182 Å². The van der Waals surface area contributed by atoms with Gasteiger partial charge in [0, 0.05) is 49.6 Å². The Hall–Kier alpha value is -6.91. The number of benzene rings is 7. The lowest BCUT2D eigenvalue weighted by Gasteiger charge is -2.15. The van der Waals surface area contributed by atoms with Crippen LogP contribution in [0.15, 0.2) is 182 Å². The maximum atomic E-state index is 5.45. The highest BCUT2D eigenvalue weighted by molar-refractivity contribution is 6.11. The molecule has 4 nitrogen and oxygen atoms in total. The molecule has 0 bridgehead atoms. The van der Waals surface area contributed by atoms with Gasteiger partial charge in [-0.2, -0.15) is 0 Å². The van der Waals surface area contributed by atoms with Crippen LogP contribution in [0.2, 0.25) is 0 Å². The highest BCUT2D eigenvalue weighted by Gasteiger charge is 2.18. The average Bonchev–Trinajstić information content (AvgIpc) is 3.84. The summed E-state index contributed by atoms with van der Waals surface area (Å²) >= 11 is 0. The molecular weight excluding hydrogens is 621 g/mol. The molecule has 0 saturated carbocycles. The Labute approximate surface area is 293 Å².